The Morgan fingerprint density at radius 2 is 2.00 bits per heavy atom. The van der Waals surface area contributed by atoms with E-state index in [0.717, 1.165) is 18.8 Å². The van der Waals surface area contributed by atoms with Gasteiger partial charge in [-0.25, -0.2) is 0 Å². The smallest absolute Gasteiger partial charge is 0.119 e. The van der Waals surface area contributed by atoms with Gasteiger partial charge in [0.25, 0.3) is 0 Å². The van der Waals surface area contributed by atoms with Crippen molar-refractivity contribution in [3.8, 4) is 5.75 Å². The van der Waals surface area contributed by atoms with Crippen molar-refractivity contribution in [1.29, 1.82) is 0 Å². The maximum atomic E-state index is 5.24. The molecule has 0 amide bonds. The van der Waals surface area contributed by atoms with E-state index in [1.54, 1.807) is 7.11 Å². The molecular weight excluding hydrogens is 236 g/mol. The normalized spacial score (nSPS) is 16.5. The van der Waals surface area contributed by atoms with Gasteiger partial charge in [-0.3, -0.25) is 0 Å². The summed E-state index contributed by atoms with van der Waals surface area (Å²) in [5.74, 6) is 0.960. The summed E-state index contributed by atoms with van der Waals surface area (Å²) in [6, 6.07) is 6.41. The summed E-state index contributed by atoms with van der Waals surface area (Å²) in [4.78, 5) is 2.57. The summed E-state index contributed by atoms with van der Waals surface area (Å²) in [5, 5.41) is 3.40. The lowest BCUT2D eigenvalue weighted by Gasteiger charge is -2.27. The second kappa shape index (κ2) is 7.51. The lowest BCUT2D eigenvalue weighted by molar-refractivity contribution is 0.237. The van der Waals surface area contributed by atoms with Gasteiger partial charge in [-0.2, -0.15) is 0 Å². The Morgan fingerprint density at radius 1 is 1.21 bits per heavy atom. The minimum atomic E-state index is 0.960. The van der Waals surface area contributed by atoms with Crippen molar-refractivity contribution in [3.63, 3.8) is 0 Å². The van der Waals surface area contributed by atoms with Crippen LogP contribution in [0, 0.1) is 6.92 Å². The number of methoxy groups -OCH3 is 1. The summed E-state index contributed by atoms with van der Waals surface area (Å²) in [6.45, 7) is 8.14. The number of aryl methyl sites for hydroxylation is 2. The van der Waals surface area contributed by atoms with E-state index >= 15 is 0 Å². The third kappa shape index (κ3) is 4.51. The van der Waals surface area contributed by atoms with Crippen LogP contribution in [0.3, 0.4) is 0 Å². The lowest BCUT2D eigenvalue weighted by Crippen LogP contribution is -2.43. The molecule has 19 heavy (non-hydrogen) atoms. The first kappa shape index (κ1) is 14.4. The highest BCUT2D eigenvalue weighted by Gasteiger charge is 2.08. The molecule has 1 aromatic carbocycles. The monoisotopic (exact) mass is 262 g/mol. The highest BCUT2D eigenvalue weighted by atomic mass is 16.5. The van der Waals surface area contributed by atoms with Crippen molar-refractivity contribution < 1.29 is 4.74 Å². The highest BCUT2D eigenvalue weighted by Crippen LogP contribution is 2.18. The van der Waals surface area contributed by atoms with Gasteiger partial charge in [0, 0.05) is 26.2 Å². The van der Waals surface area contributed by atoms with Gasteiger partial charge < -0.3 is 15.0 Å². The molecule has 1 saturated heterocycles. The molecule has 0 aliphatic carbocycles. The maximum Gasteiger partial charge on any atom is 0.119 e. The summed E-state index contributed by atoms with van der Waals surface area (Å²) < 4.78 is 5.24. The second-order valence-corrected chi connectivity index (χ2v) is 5.34. The Labute approximate surface area is 116 Å². The molecule has 0 saturated carbocycles. The van der Waals surface area contributed by atoms with Crippen molar-refractivity contribution in [2.24, 2.45) is 0 Å². The van der Waals surface area contributed by atoms with Gasteiger partial charge in [-0.15, -0.1) is 0 Å². The average Bonchev–Trinajstić information content (AvgIpc) is 2.46. The number of rotatable bonds is 6. The van der Waals surface area contributed by atoms with E-state index in [0.29, 0.717) is 0 Å². The number of hydrogen-bond acceptors (Lipinski definition) is 3. The summed E-state index contributed by atoms with van der Waals surface area (Å²) in [6.07, 6.45) is 3.75. The number of nitrogens with zero attached hydrogens (tertiary/aromatic N) is 1. The maximum absolute atomic E-state index is 5.24. The summed E-state index contributed by atoms with van der Waals surface area (Å²) in [5.41, 5.74) is 2.81. The van der Waals surface area contributed by atoms with Crippen LogP contribution >= 0.6 is 0 Å². The molecule has 1 heterocycles. The lowest BCUT2D eigenvalue weighted by atomic mass is 10.0. The van der Waals surface area contributed by atoms with Crippen molar-refractivity contribution in [1.82, 2.24) is 10.2 Å². The zero-order valence-electron chi connectivity index (χ0n) is 12.2. The fraction of sp³-hybridized carbons (Fsp3) is 0.625. The van der Waals surface area contributed by atoms with E-state index in [1.165, 1.54) is 50.0 Å². The molecule has 0 aromatic heterocycles. The van der Waals surface area contributed by atoms with Crippen LogP contribution in [-0.4, -0.2) is 44.7 Å². The predicted octanol–water partition coefficient (Wildman–Crippen LogP) is 2.23. The third-order valence-corrected chi connectivity index (χ3v) is 3.93. The summed E-state index contributed by atoms with van der Waals surface area (Å²) >= 11 is 0. The summed E-state index contributed by atoms with van der Waals surface area (Å²) in [7, 11) is 1.72. The zero-order valence-corrected chi connectivity index (χ0v) is 12.2. The number of piperazine rings is 1. The predicted molar refractivity (Wildman–Crippen MR) is 80.0 cm³/mol. The molecule has 0 spiro atoms. The van der Waals surface area contributed by atoms with Gasteiger partial charge in [0.15, 0.2) is 0 Å². The number of unbranched alkanes of at least 4 members (excludes halogenated alkanes) is 1. The standard InChI is InChI=1S/C16H26N2O/c1-14-13-16(19-2)7-6-15(14)5-3-4-10-18-11-8-17-9-12-18/h6-7,13,17H,3-5,8-12H2,1-2H3. The zero-order chi connectivity index (χ0) is 13.5. The molecular formula is C16H26N2O. The fourth-order valence-electron chi connectivity index (χ4n) is 2.66. The number of nitrogens with one attached hydrogen (secondary N) is 1. The van der Waals surface area contributed by atoms with Crippen LogP contribution in [0.4, 0.5) is 0 Å². The van der Waals surface area contributed by atoms with E-state index in [2.05, 4.69) is 35.3 Å². The van der Waals surface area contributed by atoms with Crippen LogP contribution in [0.15, 0.2) is 18.2 Å². The van der Waals surface area contributed by atoms with Gasteiger partial charge in [0.1, 0.15) is 5.75 Å². The second-order valence-electron chi connectivity index (χ2n) is 5.34. The van der Waals surface area contributed by atoms with Gasteiger partial charge in [-0.1, -0.05) is 6.07 Å². The van der Waals surface area contributed by atoms with Gasteiger partial charge in [-0.05, 0) is 56.0 Å². The van der Waals surface area contributed by atoms with Crippen LogP contribution in [0.5, 0.6) is 5.75 Å². The van der Waals surface area contributed by atoms with Crippen molar-refractivity contribution >= 4 is 0 Å². The topological polar surface area (TPSA) is 24.5 Å². The largest absolute Gasteiger partial charge is 0.497 e. The number of hydrogen-bond donors (Lipinski definition) is 1. The van der Waals surface area contributed by atoms with E-state index in [4.69, 9.17) is 4.74 Å². The van der Waals surface area contributed by atoms with Crippen molar-refractivity contribution in [2.75, 3.05) is 39.8 Å². The van der Waals surface area contributed by atoms with Gasteiger partial charge >= 0.3 is 0 Å². The minimum Gasteiger partial charge on any atom is -0.497 e. The van der Waals surface area contributed by atoms with E-state index in [9.17, 15) is 0 Å². The van der Waals surface area contributed by atoms with Crippen LogP contribution in [-0.2, 0) is 6.42 Å². The minimum absolute atomic E-state index is 0.960. The molecule has 3 nitrogen and oxygen atoms in total. The molecule has 1 fully saturated rings. The van der Waals surface area contributed by atoms with E-state index in [1.807, 2.05) is 0 Å². The van der Waals surface area contributed by atoms with Crippen LogP contribution < -0.4 is 10.1 Å². The molecule has 2 rings (SSSR count). The first-order valence-corrected chi connectivity index (χ1v) is 7.36. The molecule has 3 heteroatoms. The van der Waals surface area contributed by atoms with E-state index < -0.39 is 0 Å². The molecule has 0 unspecified atom stereocenters. The van der Waals surface area contributed by atoms with Gasteiger partial charge in [0.05, 0.1) is 7.11 Å². The molecule has 0 atom stereocenters. The Morgan fingerprint density at radius 3 is 2.68 bits per heavy atom. The third-order valence-electron chi connectivity index (χ3n) is 3.93. The first-order valence-electron chi connectivity index (χ1n) is 7.36. The average molecular weight is 262 g/mol. The fourth-order valence-corrected chi connectivity index (χ4v) is 2.66. The van der Waals surface area contributed by atoms with Crippen LogP contribution in [0.2, 0.25) is 0 Å². The number of ether oxygens (including phenoxy) is 1. The Hall–Kier alpha value is -1.06. The SMILES string of the molecule is COc1ccc(CCCCN2CCNCC2)c(C)c1. The molecule has 0 radical (unpaired) electrons. The molecule has 0 bridgehead atoms. The Kier molecular flexibility index (Phi) is 5.67. The Balaban J connectivity index is 1.70. The van der Waals surface area contributed by atoms with Gasteiger partial charge in [0.2, 0.25) is 0 Å². The van der Waals surface area contributed by atoms with E-state index in [-0.39, 0.29) is 0 Å². The van der Waals surface area contributed by atoms with Crippen LogP contribution in [0.25, 0.3) is 0 Å². The molecule has 1 N–H and O–H groups in total. The quantitative estimate of drug-likeness (QED) is 0.796. The molecule has 106 valence electrons. The van der Waals surface area contributed by atoms with Crippen molar-refractivity contribution in [3.05, 3.63) is 29.3 Å². The number of benzene rings is 1. The molecule has 1 aliphatic rings. The van der Waals surface area contributed by atoms with Crippen LogP contribution in [0.1, 0.15) is 24.0 Å². The van der Waals surface area contributed by atoms with Crippen molar-refractivity contribution in [2.45, 2.75) is 26.2 Å². The Bertz CT molecular complexity index is 386. The molecule has 1 aliphatic heterocycles. The molecule has 1 aromatic rings. The first-order chi connectivity index (χ1) is 9.29. The highest BCUT2D eigenvalue weighted by molar-refractivity contribution is 5.34.